The Bertz CT molecular complexity index is 556. The van der Waals surface area contributed by atoms with Crippen molar-refractivity contribution in [2.45, 2.75) is 19.4 Å². The SMILES string of the molecule is CCOC(=O)C(NCCc1ccccn1)c1ccccc1.Cl.Cl.O. The highest BCUT2D eigenvalue weighted by atomic mass is 35.5. The molecule has 0 fully saturated rings. The van der Waals surface area contributed by atoms with Crippen molar-refractivity contribution in [2.24, 2.45) is 0 Å². The van der Waals surface area contributed by atoms with E-state index < -0.39 is 6.04 Å². The molecule has 1 heterocycles. The second-order valence-electron chi connectivity index (χ2n) is 4.62. The topological polar surface area (TPSA) is 82.7 Å². The molecule has 0 aliphatic carbocycles. The Labute approximate surface area is 155 Å². The summed E-state index contributed by atoms with van der Waals surface area (Å²) >= 11 is 0. The molecule has 5 nitrogen and oxygen atoms in total. The summed E-state index contributed by atoms with van der Waals surface area (Å²) in [6.45, 7) is 2.85. The van der Waals surface area contributed by atoms with Crippen LogP contribution in [0.1, 0.15) is 24.2 Å². The normalized spacial score (nSPS) is 10.4. The zero-order valence-electron chi connectivity index (χ0n) is 13.5. The molecule has 0 aliphatic heterocycles. The standard InChI is InChI=1S/C17H20N2O2.2ClH.H2O/c1-2-21-17(20)16(14-8-4-3-5-9-14)19-13-11-15-10-6-7-12-18-15;;;/h3-10,12,16,19H,2,11,13H2,1H3;2*1H;1H2. The number of aromatic nitrogens is 1. The summed E-state index contributed by atoms with van der Waals surface area (Å²) in [6, 6.07) is 15.0. The van der Waals surface area contributed by atoms with Gasteiger partial charge in [0.15, 0.2) is 0 Å². The number of hydrogen-bond acceptors (Lipinski definition) is 4. The third kappa shape index (κ3) is 7.75. The van der Waals surface area contributed by atoms with Crippen molar-refractivity contribution >= 4 is 30.8 Å². The zero-order chi connectivity index (χ0) is 14.9. The maximum atomic E-state index is 12.1. The van der Waals surface area contributed by atoms with Crippen molar-refractivity contribution in [1.82, 2.24) is 10.3 Å². The van der Waals surface area contributed by atoms with Gasteiger partial charge in [-0.2, -0.15) is 0 Å². The van der Waals surface area contributed by atoms with Gasteiger partial charge in [0.2, 0.25) is 0 Å². The van der Waals surface area contributed by atoms with Gasteiger partial charge in [0.05, 0.1) is 6.61 Å². The maximum Gasteiger partial charge on any atom is 0.327 e. The van der Waals surface area contributed by atoms with Gasteiger partial charge in [-0.25, -0.2) is 4.79 Å². The van der Waals surface area contributed by atoms with Gasteiger partial charge in [0.25, 0.3) is 0 Å². The Hall–Kier alpha value is -1.66. The number of ether oxygens (including phenoxy) is 1. The number of hydrogen-bond donors (Lipinski definition) is 1. The predicted octanol–water partition coefficient (Wildman–Crippen LogP) is 2.54. The van der Waals surface area contributed by atoms with Crippen molar-refractivity contribution in [3.63, 3.8) is 0 Å². The molecule has 3 N–H and O–H groups in total. The lowest BCUT2D eigenvalue weighted by Crippen LogP contribution is -2.31. The van der Waals surface area contributed by atoms with Crippen LogP contribution < -0.4 is 5.32 Å². The number of benzene rings is 1. The fourth-order valence-corrected chi connectivity index (χ4v) is 2.10. The van der Waals surface area contributed by atoms with Gasteiger partial charge >= 0.3 is 5.97 Å². The predicted molar refractivity (Wildman–Crippen MR) is 99.9 cm³/mol. The summed E-state index contributed by atoms with van der Waals surface area (Å²) in [5.41, 5.74) is 1.91. The van der Waals surface area contributed by atoms with Gasteiger partial charge in [-0.1, -0.05) is 36.4 Å². The van der Waals surface area contributed by atoms with Gasteiger partial charge in [0.1, 0.15) is 6.04 Å². The van der Waals surface area contributed by atoms with Crippen LogP contribution in [-0.2, 0) is 16.0 Å². The van der Waals surface area contributed by atoms with Crippen molar-refractivity contribution in [1.29, 1.82) is 0 Å². The molecule has 1 aromatic carbocycles. The molecule has 0 radical (unpaired) electrons. The number of rotatable bonds is 7. The van der Waals surface area contributed by atoms with E-state index in [4.69, 9.17) is 4.74 Å². The first-order chi connectivity index (χ1) is 10.3. The molecular weight excluding hydrogens is 351 g/mol. The Morgan fingerprint density at radius 3 is 2.38 bits per heavy atom. The molecule has 134 valence electrons. The van der Waals surface area contributed by atoms with E-state index >= 15 is 0 Å². The molecule has 2 aromatic rings. The van der Waals surface area contributed by atoms with E-state index in [1.54, 1.807) is 6.20 Å². The lowest BCUT2D eigenvalue weighted by Gasteiger charge is -2.17. The van der Waals surface area contributed by atoms with E-state index in [9.17, 15) is 4.79 Å². The minimum Gasteiger partial charge on any atom is -0.465 e. The first-order valence-corrected chi connectivity index (χ1v) is 7.16. The van der Waals surface area contributed by atoms with E-state index in [0.29, 0.717) is 13.2 Å². The molecule has 0 aliphatic rings. The fourth-order valence-electron chi connectivity index (χ4n) is 2.10. The second-order valence-corrected chi connectivity index (χ2v) is 4.62. The smallest absolute Gasteiger partial charge is 0.327 e. The molecular formula is C17H24Cl2N2O3. The highest BCUT2D eigenvalue weighted by molar-refractivity contribution is 5.85. The molecule has 0 saturated heterocycles. The Kier molecular flexibility index (Phi) is 14.1. The molecule has 7 heteroatoms. The molecule has 0 bridgehead atoms. The van der Waals surface area contributed by atoms with Crippen molar-refractivity contribution < 1.29 is 15.0 Å². The summed E-state index contributed by atoms with van der Waals surface area (Å²) in [5, 5.41) is 3.25. The largest absolute Gasteiger partial charge is 0.465 e. The van der Waals surface area contributed by atoms with Crippen molar-refractivity contribution in [2.75, 3.05) is 13.2 Å². The average molecular weight is 375 g/mol. The van der Waals surface area contributed by atoms with Crippen LogP contribution in [0.25, 0.3) is 0 Å². The van der Waals surface area contributed by atoms with E-state index in [-0.39, 0.29) is 36.3 Å². The number of esters is 1. The summed E-state index contributed by atoms with van der Waals surface area (Å²) in [4.78, 5) is 16.4. The molecule has 1 unspecified atom stereocenters. The number of carbonyl (C=O) groups excluding carboxylic acids is 1. The van der Waals surface area contributed by atoms with Gasteiger partial charge in [-0.05, 0) is 24.6 Å². The molecule has 0 amide bonds. The van der Waals surface area contributed by atoms with E-state index in [1.165, 1.54) is 0 Å². The highest BCUT2D eigenvalue weighted by Crippen LogP contribution is 2.14. The zero-order valence-corrected chi connectivity index (χ0v) is 15.1. The first kappa shape index (κ1) is 24.6. The fraction of sp³-hybridized carbons (Fsp3) is 0.294. The Balaban J connectivity index is 0. The first-order valence-electron chi connectivity index (χ1n) is 7.16. The van der Waals surface area contributed by atoms with Crippen LogP contribution in [0.2, 0.25) is 0 Å². The van der Waals surface area contributed by atoms with Crippen LogP contribution in [0.4, 0.5) is 0 Å². The number of carbonyl (C=O) groups is 1. The quantitative estimate of drug-likeness (QED) is 0.754. The van der Waals surface area contributed by atoms with Gasteiger partial charge < -0.3 is 15.5 Å². The number of nitrogens with zero attached hydrogens (tertiary/aromatic N) is 1. The average Bonchev–Trinajstić information content (AvgIpc) is 2.53. The monoisotopic (exact) mass is 374 g/mol. The third-order valence-corrected chi connectivity index (χ3v) is 3.11. The number of halogens is 2. The molecule has 2 rings (SSSR count). The summed E-state index contributed by atoms with van der Waals surface area (Å²) in [5.74, 6) is -0.246. The van der Waals surface area contributed by atoms with Crippen LogP contribution in [0.15, 0.2) is 54.7 Å². The van der Waals surface area contributed by atoms with Crippen molar-refractivity contribution in [3.8, 4) is 0 Å². The van der Waals surface area contributed by atoms with E-state index in [1.807, 2.05) is 55.5 Å². The number of pyridine rings is 1. The highest BCUT2D eigenvalue weighted by Gasteiger charge is 2.20. The van der Waals surface area contributed by atoms with E-state index in [2.05, 4.69) is 10.3 Å². The van der Waals surface area contributed by atoms with Gasteiger partial charge in [0, 0.05) is 24.9 Å². The van der Waals surface area contributed by atoms with Crippen LogP contribution in [0, 0.1) is 0 Å². The molecule has 0 saturated carbocycles. The van der Waals surface area contributed by atoms with Gasteiger partial charge in [-0.15, -0.1) is 24.8 Å². The summed E-state index contributed by atoms with van der Waals surface area (Å²) in [7, 11) is 0. The van der Waals surface area contributed by atoms with Crippen LogP contribution >= 0.6 is 24.8 Å². The Morgan fingerprint density at radius 2 is 1.79 bits per heavy atom. The summed E-state index contributed by atoms with van der Waals surface area (Å²) < 4.78 is 5.14. The van der Waals surface area contributed by atoms with Crippen LogP contribution in [0.5, 0.6) is 0 Å². The minimum atomic E-state index is -0.435. The molecule has 0 spiro atoms. The molecule has 24 heavy (non-hydrogen) atoms. The van der Waals surface area contributed by atoms with Crippen LogP contribution in [-0.4, -0.2) is 29.6 Å². The van der Waals surface area contributed by atoms with Crippen LogP contribution in [0.3, 0.4) is 0 Å². The van der Waals surface area contributed by atoms with E-state index in [0.717, 1.165) is 17.7 Å². The number of nitrogens with one attached hydrogen (secondary N) is 1. The maximum absolute atomic E-state index is 12.1. The van der Waals surface area contributed by atoms with Crippen molar-refractivity contribution in [3.05, 3.63) is 66.0 Å². The lowest BCUT2D eigenvalue weighted by atomic mass is 10.1. The minimum absolute atomic E-state index is 0. The Morgan fingerprint density at radius 1 is 1.12 bits per heavy atom. The molecule has 1 aromatic heterocycles. The second kappa shape index (κ2) is 13.7. The van der Waals surface area contributed by atoms with Gasteiger partial charge in [-0.3, -0.25) is 4.98 Å². The summed E-state index contributed by atoms with van der Waals surface area (Å²) in [6.07, 6.45) is 2.54. The lowest BCUT2D eigenvalue weighted by molar-refractivity contribution is -0.145. The third-order valence-electron chi connectivity index (χ3n) is 3.11. The molecule has 1 atom stereocenters.